The molecule has 0 atom stereocenters. The molecule has 0 fully saturated rings. The lowest BCUT2D eigenvalue weighted by Crippen LogP contribution is -2.30. The van der Waals surface area contributed by atoms with E-state index in [0.717, 1.165) is 24.3 Å². The molecule has 0 spiro atoms. The zero-order chi connectivity index (χ0) is 16.5. The van der Waals surface area contributed by atoms with Gasteiger partial charge in [-0.15, -0.1) is 11.3 Å². The van der Waals surface area contributed by atoms with Gasteiger partial charge in [0.1, 0.15) is 5.75 Å². The number of methoxy groups -OCH3 is 1. The summed E-state index contributed by atoms with van der Waals surface area (Å²) in [6.07, 6.45) is 1.41. The van der Waals surface area contributed by atoms with E-state index in [2.05, 4.69) is 11.4 Å². The van der Waals surface area contributed by atoms with E-state index in [1.807, 2.05) is 47.7 Å². The number of hydrogen-bond acceptors (Lipinski definition) is 4. The molecule has 0 unspecified atom stereocenters. The monoisotopic (exact) mass is 332 g/mol. The molecule has 0 radical (unpaired) electrons. The zero-order valence-electron chi connectivity index (χ0n) is 13.7. The van der Waals surface area contributed by atoms with Crippen molar-refractivity contribution in [3.63, 3.8) is 0 Å². The molecule has 0 aliphatic carbocycles. The number of amides is 1. The number of carbonyl (C=O) groups excluding carboxylic acids is 1. The van der Waals surface area contributed by atoms with Gasteiger partial charge in [0.25, 0.3) is 0 Å². The SMILES string of the molecule is CNCCCC(=O)N(Cc1cccs1)Cc1ccccc1OC. The maximum atomic E-state index is 12.6. The predicted octanol–water partition coefficient (Wildman–Crippen LogP) is 3.29. The molecular formula is C18H24N2O2S. The summed E-state index contributed by atoms with van der Waals surface area (Å²) in [6.45, 7) is 2.07. The highest BCUT2D eigenvalue weighted by Gasteiger charge is 2.16. The molecule has 23 heavy (non-hydrogen) atoms. The van der Waals surface area contributed by atoms with Gasteiger partial charge in [0, 0.05) is 23.4 Å². The third kappa shape index (κ3) is 5.37. The maximum absolute atomic E-state index is 12.6. The van der Waals surface area contributed by atoms with Crippen LogP contribution < -0.4 is 10.1 Å². The first-order chi connectivity index (χ1) is 11.2. The van der Waals surface area contributed by atoms with Crippen LogP contribution in [0.2, 0.25) is 0 Å². The first kappa shape index (κ1) is 17.5. The third-order valence-corrected chi connectivity index (χ3v) is 4.51. The molecule has 5 heteroatoms. The molecule has 4 nitrogen and oxygen atoms in total. The molecule has 2 aromatic rings. The Labute approximate surface area is 142 Å². The molecule has 1 aromatic carbocycles. The lowest BCUT2D eigenvalue weighted by molar-refractivity contribution is -0.132. The van der Waals surface area contributed by atoms with E-state index in [9.17, 15) is 4.79 Å². The third-order valence-electron chi connectivity index (χ3n) is 3.65. The molecule has 0 saturated carbocycles. The van der Waals surface area contributed by atoms with Crippen LogP contribution in [-0.2, 0) is 17.9 Å². The van der Waals surface area contributed by atoms with Crippen molar-refractivity contribution in [2.45, 2.75) is 25.9 Å². The molecule has 0 aliphatic heterocycles. The van der Waals surface area contributed by atoms with Crippen LogP contribution in [0.1, 0.15) is 23.3 Å². The summed E-state index contributed by atoms with van der Waals surface area (Å²) in [4.78, 5) is 15.7. The number of nitrogens with zero attached hydrogens (tertiary/aromatic N) is 1. The second-order valence-electron chi connectivity index (χ2n) is 5.35. The highest BCUT2D eigenvalue weighted by molar-refractivity contribution is 7.09. The van der Waals surface area contributed by atoms with Gasteiger partial charge in [-0.05, 0) is 37.5 Å². The summed E-state index contributed by atoms with van der Waals surface area (Å²) < 4.78 is 5.41. The molecule has 2 rings (SSSR count). The van der Waals surface area contributed by atoms with Crippen molar-refractivity contribution in [2.75, 3.05) is 20.7 Å². The van der Waals surface area contributed by atoms with Crippen LogP contribution in [0, 0.1) is 0 Å². The van der Waals surface area contributed by atoms with E-state index in [-0.39, 0.29) is 5.91 Å². The summed E-state index contributed by atoms with van der Waals surface area (Å²) in [5, 5.41) is 5.13. The largest absolute Gasteiger partial charge is 0.496 e. The number of hydrogen-bond donors (Lipinski definition) is 1. The average molecular weight is 332 g/mol. The van der Waals surface area contributed by atoms with E-state index in [0.29, 0.717) is 19.5 Å². The summed E-state index contributed by atoms with van der Waals surface area (Å²) in [5.41, 5.74) is 1.04. The van der Waals surface area contributed by atoms with Gasteiger partial charge < -0.3 is 15.0 Å². The van der Waals surface area contributed by atoms with Crippen molar-refractivity contribution in [1.29, 1.82) is 0 Å². The molecule has 0 aliphatic rings. The van der Waals surface area contributed by atoms with Gasteiger partial charge in [0.05, 0.1) is 13.7 Å². The van der Waals surface area contributed by atoms with Crippen molar-refractivity contribution in [2.24, 2.45) is 0 Å². The predicted molar refractivity (Wildman–Crippen MR) is 94.7 cm³/mol. The van der Waals surface area contributed by atoms with E-state index in [1.54, 1.807) is 18.4 Å². The summed E-state index contributed by atoms with van der Waals surface area (Å²) in [7, 11) is 3.57. The van der Waals surface area contributed by atoms with Crippen LogP contribution in [-0.4, -0.2) is 31.5 Å². The second kappa shape index (κ2) is 9.33. The van der Waals surface area contributed by atoms with Gasteiger partial charge >= 0.3 is 0 Å². The second-order valence-corrected chi connectivity index (χ2v) is 6.38. The number of carbonyl (C=O) groups is 1. The standard InChI is InChI=1S/C18H24N2O2S/c1-19-11-5-10-18(21)20(14-16-8-6-12-23-16)13-15-7-3-4-9-17(15)22-2/h3-4,6-9,12,19H,5,10-11,13-14H2,1-2H3. The van der Waals surface area contributed by atoms with Crippen molar-refractivity contribution < 1.29 is 9.53 Å². The fourth-order valence-corrected chi connectivity index (χ4v) is 3.16. The van der Waals surface area contributed by atoms with Crippen LogP contribution in [0.5, 0.6) is 5.75 Å². The van der Waals surface area contributed by atoms with Crippen molar-refractivity contribution in [3.05, 3.63) is 52.2 Å². The highest BCUT2D eigenvalue weighted by atomic mass is 32.1. The van der Waals surface area contributed by atoms with E-state index >= 15 is 0 Å². The van der Waals surface area contributed by atoms with Gasteiger partial charge in [0.2, 0.25) is 5.91 Å². The van der Waals surface area contributed by atoms with E-state index in [1.165, 1.54) is 4.88 Å². The van der Waals surface area contributed by atoms with Crippen LogP contribution >= 0.6 is 11.3 Å². The Morgan fingerprint density at radius 2 is 2.04 bits per heavy atom. The molecule has 1 N–H and O–H groups in total. The van der Waals surface area contributed by atoms with Crippen LogP contribution in [0.3, 0.4) is 0 Å². The number of ether oxygens (including phenoxy) is 1. The molecule has 0 bridgehead atoms. The molecular weight excluding hydrogens is 308 g/mol. The first-order valence-electron chi connectivity index (χ1n) is 7.81. The topological polar surface area (TPSA) is 41.6 Å². The number of thiophene rings is 1. The van der Waals surface area contributed by atoms with Gasteiger partial charge in [0.15, 0.2) is 0 Å². The van der Waals surface area contributed by atoms with E-state index < -0.39 is 0 Å². The van der Waals surface area contributed by atoms with Crippen molar-refractivity contribution in [1.82, 2.24) is 10.2 Å². The lowest BCUT2D eigenvalue weighted by Gasteiger charge is -2.23. The Morgan fingerprint density at radius 3 is 2.74 bits per heavy atom. The van der Waals surface area contributed by atoms with E-state index in [4.69, 9.17) is 4.74 Å². The zero-order valence-corrected chi connectivity index (χ0v) is 14.6. The van der Waals surface area contributed by atoms with Crippen LogP contribution in [0.25, 0.3) is 0 Å². The molecule has 1 aromatic heterocycles. The summed E-state index contributed by atoms with van der Waals surface area (Å²) in [5.74, 6) is 1.01. The number of nitrogens with one attached hydrogen (secondary N) is 1. The Hall–Kier alpha value is -1.85. The lowest BCUT2D eigenvalue weighted by atomic mass is 10.1. The Kier molecular flexibility index (Phi) is 7.10. The van der Waals surface area contributed by atoms with Gasteiger partial charge in [-0.3, -0.25) is 4.79 Å². The molecule has 124 valence electrons. The number of benzene rings is 1. The average Bonchev–Trinajstić information content (AvgIpc) is 3.08. The van der Waals surface area contributed by atoms with Gasteiger partial charge in [-0.2, -0.15) is 0 Å². The Bertz CT molecular complexity index is 599. The summed E-state index contributed by atoms with van der Waals surface area (Å²) >= 11 is 1.68. The maximum Gasteiger partial charge on any atom is 0.223 e. The van der Waals surface area contributed by atoms with Crippen molar-refractivity contribution in [3.8, 4) is 5.75 Å². The smallest absolute Gasteiger partial charge is 0.223 e. The minimum atomic E-state index is 0.180. The Balaban J connectivity index is 2.10. The van der Waals surface area contributed by atoms with Crippen LogP contribution in [0.4, 0.5) is 0 Å². The minimum Gasteiger partial charge on any atom is -0.496 e. The first-order valence-corrected chi connectivity index (χ1v) is 8.69. The quantitative estimate of drug-likeness (QED) is 0.717. The Morgan fingerprint density at radius 1 is 1.22 bits per heavy atom. The molecule has 1 amide bonds. The van der Waals surface area contributed by atoms with Gasteiger partial charge in [-0.1, -0.05) is 24.3 Å². The van der Waals surface area contributed by atoms with Crippen LogP contribution in [0.15, 0.2) is 41.8 Å². The fourth-order valence-electron chi connectivity index (χ4n) is 2.44. The van der Waals surface area contributed by atoms with Gasteiger partial charge in [-0.25, -0.2) is 0 Å². The normalized spacial score (nSPS) is 10.5. The highest BCUT2D eigenvalue weighted by Crippen LogP contribution is 2.22. The molecule has 0 saturated heterocycles. The minimum absolute atomic E-state index is 0.180. The van der Waals surface area contributed by atoms with Crippen molar-refractivity contribution >= 4 is 17.2 Å². The number of rotatable bonds is 9. The number of para-hydroxylation sites is 1. The molecule has 1 heterocycles. The fraction of sp³-hybridized carbons (Fsp3) is 0.389. The summed E-state index contributed by atoms with van der Waals surface area (Å²) in [6, 6.07) is 12.0.